The summed E-state index contributed by atoms with van der Waals surface area (Å²) in [7, 11) is 2.10. The summed E-state index contributed by atoms with van der Waals surface area (Å²) in [4.78, 5) is 14.5. The number of nitrogens with zero attached hydrogens (tertiary/aromatic N) is 1. The van der Waals surface area contributed by atoms with Crippen molar-refractivity contribution in [3.8, 4) is 0 Å². The van der Waals surface area contributed by atoms with Crippen LogP contribution >= 0.6 is 11.6 Å². The van der Waals surface area contributed by atoms with E-state index < -0.39 is 0 Å². The van der Waals surface area contributed by atoms with Gasteiger partial charge in [-0.25, -0.2) is 0 Å². The lowest BCUT2D eigenvalue weighted by Gasteiger charge is -2.35. The zero-order valence-corrected chi connectivity index (χ0v) is 12.1. The lowest BCUT2D eigenvalue weighted by Crippen LogP contribution is -2.48. The van der Waals surface area contributed by atoms with Gasteiger partial charge in [0.1, 0.15) is 0 Å². The number of anilines is 1. The first kappa shape index (κ1) is 14.2. The first-order valence-corrected chi connectivity index (χ1v) is 6.89. The lowest BCUT2D eigenvalue weighted by molar-refractivity contribution is 0.0884. The number of likely N-dealkylation sites (tertiary alicyclic amines) is 1. The van der Waals surface area contributed by atoms with Gasteiger partial charge in [-0.3, -0.25) is 4.79 Å². The number of hydrogen-bond donors (Lipinski definition) is 2. The summed E-state index contributed by atoms with van der Waals surface area (Å²) in [5.74, 6) is 0.293. The van der Waals surface area contributed by atoms with Gasteiger partial charge in [-0.05, 0) is 44.1 Å². The highest BCUT2D eigenvalue weighted by Gasteiger charge is 2.26. The number of nitrogen functional groups attached to an aromatic ring is 1. The van der Waals surface area contributed by atoms with Crippen LogP contribution in [0.4, 0.5) is 5.69 Å². The van der Waals surface area contributed by atoms with Crippen LogP contribution in [0.25, 0.3) is 0 Å². The average Bonchev–Trinajstić information content (AvgIpc) is 2.35. The smallest absolute Gasteiger partial charge is 0.253 e. The number of carbonyl (C=O) groups is 1. The normalized spacial score (nSPS) is 24.2. The van der Waals surface area contributed by atoms with Crippen LogP contribution in [0.15, 0.2) is 18.2 Å². The predicted molar refractivity (Wildman–Crippen MR) is 78.4 cm³/mol. The highest BCUT2D eigenvalue weighted by Crippen LogP contribution is 2.21. The Hall–Kier alpha value is -1.26. The Morgan fingerprint density at radius 1 is 1.53 bits per heavy atom. The Bertz CT molecular complexity index is 478. The SMILES string of the molecule is CC1CN(C)CCC1NC(=O)c1cc(N)ccc1Cl. The van der Waals surface area contributed by atoms with Gasteiger partial charge in [-0.15, -0.1) is 0 Å². The van der Waals surface area contributed by atoms with Crippen LogP contribution in [-0.2, 0) is 0 Å². The molecule has 1 saturated heterocycles. The number of halogens is 1. The fourth-order valence-corrected chi connectivity index (χ4v) is 2.73. The van der Waals surface area contributed by atoms with Crippen LogP contribution in [0, 0.1) is 5.92 Å². The molecule has 1 fully saturated rings. The maximum Gasteiger partial charge on any atom is 0.253 e. The summed E-state index contributed by atoms with van der Waals surface area (Å²) in [5.41, 5.74) is 6.70. The second-order valence-corrected chi connectivity index (χ2v) is 5.75. The number of amides is 1. The van der Waals surface area contributed by atoms with Crippen LogP contribution in [0.5, 0.6) is 0 Å². The molecule has 0 spiro atoms. The van der Waals surface area contributed by atoms with Crippen LogP contribution < -0.4 is 11.1 Å². The molecule has 2 unspecified atom stereocenters. The van der Waals surface area contributed by atoms with Crippen LogP contribution in [0.3, 0.4) is 0 Å². The Morgan fingerprint density at radius 2 is 2.26 bits per heavy atom. The third kappa shape index (κ3) is 3.39. The number of carbonyl (C=O) groups excluding carboxylic acids is 1. The molecule has 2 rings (SSSR count). The Morgan fingerprint density at radius 3 is 2.95 bits per heavy atom. The molecular weight excluding hydrogens is 262 g/mol. The minimum atomic E-state index is -0.140. The minimum Gasteiger partial charge on any atom is -0.399 e. The Kier molecular flexibility index (Phi) is 4.32. The number of nitrogens with two attached hydrogens (primary N) is 1. The molecule has 0 aliphatic carbocycles. The fraction of sp³-hybridized carbons (Fsp3) is 0.500. The van der Waals surface area contributed by atoms with Gasteiger partial charge >= 0.3 is 0 Å². The van der Waals surface area contributed by atoms with E-state index in [2.05, 4.69) is 24.2 Å². The molecular formula is C14H20ClN3O. The molecule has 0 saturated carbocycles. The minimum absolute atomic E-state index is 0.140. The number of hydrogen-bond acceptors (Lipinski definition) is 3. The van der Waals surface area contributed by atoms with Crippen LogP contribution in [0.1, 0.15) is 23.7 Å². The highest BCUT2D eigenvalue weighted by atomic mass is 35.5. The Balaban J connectivity index is 2.06. The Labute approximate surface area is 118 Å². The van der Waals surface area contributed by atoms with Gasteiger partial charge in [0.15, 0.2) is 0 Å². The van der Waals surface area contributed by atoms with Gasteiger partial charge < -0.3 is 16.0 Å². The number of piperidine rings is 1. The molecule has 0 aromatic heterocycles. The molecule has 104 valence electrons. The van der Waals surface area contributed by atoms with E-state index in [0.29, 0.717) is 22.2 Å². The average molecular weight is 282 g/mol. The van der Waals surface area contributed by atoms with E-state index in [0.717, 1.165) is 19.5 Å². The van der Waals surface area contributed by atoms with Crippen LogP contribution in [-0.4, -0.2) is 37.0 Å². The quantitative estimate of drug-likeness (QED) is 0.815. The van der Waals surface area contributed by atoms with Crippen molar-refractivity contribution in [2.24, 2.45) is 5.92 Å². The van der Waals surface area contributed by atoms with E-state index in [1.54, 1.807) is 18.2 Å². The summed E-state index contributed by atoms with van der Waals surface area (Å²) in [6, 6.07) is 5.17. The van der Waals surface area contributed by atoms with E-state index in [1.807, 2.05) is 0 Å². The third-order valence-electron chi connectivity index (χ3n) is 3.66. The van der Waals surface area contributed by atoms with Crippen molar-refractivity contribution in [2.45, 2.75) is 19.4 Å². The van der Waals surface area contributed by atoms with Crippen molar-refractivity contribution in [1.29, 1.82) is 0 Å². The summed E-state index contributed by atoms with van der Waals surface area (Å²) in [5, 5.41) is 3.51. The largest absolute Gasteiger partial charge is 0.399 e. The van der Waals surface area contributed by atoms with Crippen LogP contribution in [0.2, 0.25) is 5.02 Å². The molecule has 0 radical (unpaired) electrons. The van der Waals surface area contributed by atoms with E-state index in [4.69, 9.17) is 17.3 Å². The van der Waals surface area contributed by atoms with Gasteiger partial charge in [-0.2, -0.15) is 0 Å². The van der Waals surface area contributed by atoms with E-state index in [9.17, 15) is 4.79 Å². The van der Waals surface area contributed by atoms with Crippen molar-refractivity contribution in [3.63, 3.8) is 0 Å². The van der Waals surface area contributed by atoms with Crippen molar-refractivity contribution in [1.82, 2.24) is 10.2 Å². The van der Waals surface area contributed by atoms with E-state index >= 15 is 0 Å². The molecule has 2 atom stereocenters. The van der Waals surface area contributed by atoms with Gasteiger partial charge in [0, 0.05) is 18.3 Å². The molecule has 1 aliphatic heterocycles. The standard InChI is InChI=1S/C14H20ClN3O/c1-9-8-18(2)6-5-13(9)17-14(19)11-7-10(16)3-4-12(11)15/h3-4,7,9,13H,5-6,8,16H2,1-2H3,(H,17,19). The molecule has 4 nitrogen and oxygen atoms in total. The second-order valence-electron chi connectivity index (χ2n) is 5.35. The summed E-state index contributed by atoms with van der Waals surface area (Å²) in [6.45, 7) is 4.15. The molecule has 0 bridgehead atoms. The lowest BCUT2D eigenvalue weighted by atomic mass is 9.94. The third-order valence-corrected chi connectivity index (χ3v) is 3.99. The van der Waals surface area contributed by atoms with E-state index in [1.165, 1.54) is 0 Å². The van der Waals surface area contributed by atoms with Crippen molar-refractivity contribution in [3.05, 3.63) is 28.8 Å². The first-order valence-electron chi connectivity index (χ1n) is 6.52. The molecule has 5 heteroatoms. The topological polar surface area (TPSA) is 58.4 Å². The van der Waals surface area contributed by atoms with Gasteiger partial charge in [-0.1, -0.05) is 18.5 Å². The fourth-order valence-electron chi connectivity index (χ4n) is 2.53. The maximum absolute atomic E-state index is 12.2. The van der Waals surface area contributed by atoms with E-state index in [-0.39, 0.29) is 11.9 Å². The molecule has 19 heavy (non-hydrogen) atoms. The molecule has 1 amide bonds. The molecule has 1 aliphatic rings. The first-order chi connectivity index (χ1) is 8.97. The highest BCUT2D eigenvalue weighted by molar-refractivity contribution is 6.34. The second kappa shape index (κ2) is 5.80. The van der Waals surface area contributed by atoms with Crippen molar-refractivity contribution >= 4 is 23.2 Å². The van der Waals surface area contributed by atoms with Gasteiger partial charge in [0.05, 0.1) is 10.6 Å². The number of nitrogens with one attached hydrogen (secondary N) is 1. The number of benzene rings is 1. The summed E-state index contributed by atoms with van der Waals surface area (Å²) < 4.78 is 0. The van der Waals surface area contributed by atoms with Crippen molar-refractivity contribution in [2.75, 3.05) is 25.9 Å². The van der Waals surface area contributed by atoms with Gasteiger partial charge in [0.25, 0.3) is 5.91 Å². The molecule has 1 heterocycles. The van der Waals surface area contributed by atoms with Gasteiger partial charge in [0.2, 0.25) is 0 Å². The molecule has 1 aromatic rings. The molecule has 3 N–H and O–H groups in total. The zero-order chi connectivity index (χ0) is 14.0. The summed E-state index contributed by atoms with van der Waals surface area (Å²) >= 11 is 6.04. The predicted octanol–water partition coefficient (Wildman–Crippen LogP) is 1.99. The molecule has 1 aromatic carbocycles. The monoisotopic (exact) mass is 281 g/mol. The summed E-state index contributed by atoms with van der Waals surface area (Å²) in [6.07, 6.45) is 0.962. The zero-order valence-electron chi connectivity index (χ0n) is 11.3. The number of rotatable bonds is 2. The van der Waals surface area contributed by atoms with Crippen molar-refractivity contribution < 1.29 is 4.79 Å². The maximum atomic E-state index is 12.2.